The summed E-state index contributed by atoms with van der Waals surface area (Å²) in [5.41, 5.74) is 3.33. The van der Waals surface area contributed by atoms with E-state index in [1.807, 2.05) is 17.0 Å². The number of nitrogens with zero attached hydrogens (tertiary/aromatic N) is 2. The molecule has 0 saturated carbocycles. The lowest BCUT2D eigenvalue weighted by Gasteiger charge is -2.38. The number of piperidine rings is 1. The Morgan fingerprint density at radius 1 is 1.15 bits per heavy atom. The number of amides is 2. The smallest absolute Gasteiger partial charge is 0.254 e. The first kappa shape index (κ1) is 24.2. The number of carbonyl (C=O) groups excluding carboxylic acids is 2. The average molecular weight is 559 g/mol. The molecule has 0 spiro atoms. The van der Waals surface area contributed by atoms with Gasteiger partial charge in [0.15, 0.2) is 0 Å². The van der Waals surface area contributed by atoms with E-state index >= 15 is 0 Å². The van der Waals surface area contributed by atoms with Gasteiger partial charge in [0.25, 0.3) is 11.8 Å². The molecule has 2 aliphatic heterocycles. The fourth-order valence-electron chi connectivity index (χ4n) is 5.08. The summed E-state index contributed by atoms with van der Waals surface area (Å²) >= 11 is 2.28. The minimum atomic E-state index is -0.0965. The predicted molar refractivity (Wildman–Crippen MR) is 140 cm³/mol. The maximum Gasteiger partial charge on any atom is 0.254 e. The van der Waals surface area contributed by atoms with Crippen LogP contribution < -0.4 is 5.32 Å². The van der Waals surface area contributed by atoms with Crippen LogP contribution in [0.25, 0.3) is 0 Å². The average Bonchev–Trinajstić information content (AvgIpc) is 3.12. The van der Waals surface area contributed by atoms with Crippen molar-refractivity contribution in [3.05, 3.63) is 68.3 Å². The number of hydrogen-bond acceptors (Lipinski definition) is 3. The summed E-state index contributed by atoms with van der Waals surface area (Å²) in [6, 6.07) is 14.4. The number of nitrogens with one attached hydrogen (secondary N) is 1. The zero-order valence-electron chi connectivity index (χ0n) is 19.6. The third-order valence-corrected chi connectivity index (χ3v) is 7.60. The van der Waals surface area contributed by atoms with Crippen molar-refractivity contribution < 1.29 is 9.59 Å². The van der Waals surface area contributed by atoms with Gasteiger partial charge >= 0.3 is 0 Å². The van der Waals surface area contributed by atoms with E-state index in [0.717, 1.165) is 24.1 Å². The number of carbonyl (C=O) groups is 2. The minimum absolute atomic E-state index is 0.00280. The van der Waals surface area contributed by atoms with Crippen LogP contribution in [-0.4, -0.2) is 47.3 Å². The first-order chi connectivity index (χ1) is 15.9. The molecule has 1 N–H and O–H groups in total. The first-order valence-corrected chi connectivity index (χ1v) is 13.2. The van der Waals surface area contributed by atoms with E-state index < -0.39 is 0 Å². The maximum absolute atomic E-state index is 13.0. The molecular formula is C27H34IN3O2. The summed E-state index contributed by atoms with van der Waals surface area (Å²) < 4.78 is 1.18. The summed E-state index contributed by atoms with van der Waals surface area (Å²) in [7, 11) is 0. The van der Waals surface area contributed by atoms with Crippen LogP contribution in [0.1, 0.15) is 71.4 Å². The summed E-state index contributed by atoms with van der Waals surface area (Å²) in [6.45, 7) is 8.64. The standard InChI is InChI=1S/C27H34IN3O2/c1-19(2)25-6-3-4-14-30(25)15-5-13-29-26(32)21-9-10-22-18-31(27(33)24(22)16-21)17-20-7-11-23(28)12-8-20/h7-12,16,19,25H,3-6,13-15,17-18H2,1-2H3,(H,29,32). The molecule has 2 heterocycles. The lowest BCUT2D eigenvalue weighted by Crippen LogP contribution is -2.43. The lowest BCUT2D eigenvalue weighted by atomic mass is 9.92. The van der Waals surface area contributed by atoms with Crippen molar-refractivity contribution >= 4 is 34.4 Å². The lowest BCUT2D eigenvalue weighted by molar-refractivity contribution is 0.0766. The molecule has 33 heavy (non-hydrogen) atoms. The van der Waals surface area contributed by atoms with E-state index in [1.165, 1.54) is 29.4 Å². The summed E-state index contributed by atoms with van der Waals surface area (Å²) in [5.74, 6) is 0.581. The Morgan fingerprint density at radius 3 is 2.70 bits per heavy atom. The van der Waals surface area contributed by atoms with Crippen molar-refractivity contribution in [2.45, 2.75) is 58.7 Å². The molecule has 2 amide bonds. The number of rotatable bonds is 8. The van der Waals surface area contributed by atoms with Crippen LogP contribution in [-0.2, 0) is 13.1 Å². The van der Waals surface area contributed by atoms with Crippen LogP contribution in [0.4, 0.5) is 0 Å². The highest BCUT2D eigenvalue weighted by Gasteiger charge is 2.28. The van der Waals surface area contributed by atoms with Crippen LogP contribution in [0.15, 0.2) is 42.5 Å². The third-order valence-electron chi connectivity index (χ3n) is 6.88. The van der Waals surface area contributed by atoms with Crippen molar-refractivity contribution in [3.63, 3.8) is 0 Å². The summed E-state index contributed by atoms with van der Waals surface area (Å²) in [5, 5.41) is 3.05. The van der Waals surface area contributed by atoms with E-state index in [4.69, 9.17) is 0 Å². The highest BCUT2D eigenvalue weighted by molar-refractivity contribution is 14.1. The van der Waals surface area contributed by atoms with Crippen molar-refractivity contribution in [2.75, 3.05) is 19.6 Å². The molecule has 176 valence electrons. The SMILES string of the molecule is CC(C)C1CCCCN1CCCNC(=O)c1ccc2c(c1)C(=O)N(Cc1ccc(I)cc1)C2. The summed E-state index contributed by atoms with van der Waals surface area (Å²) in [4.78, 5) is 30.1. The molecule has 2 aliphatic rings. The molecule has 2 aromatic carbocycles. The van der Waals surface area contributed by atoms with Gasteiger partial charge in [-0.1, -0.05) is 38.5 Å². The Hall–Kier alpha value is -1.93. The second-order valence-electron chi connectivity index (χ2n) is 9.61. The Morgan fingerprint density at radius 2 is 1.94 bits per heavy atom. The van der Waals surface area contributed by atoms with Crippen molar-refractivity contribution in [1.29, 1.82) is 0 Å². The topological polar surface area (TPSA) is 52.7 Å². The van der Waals surface area contributed by atoms with Gasteiger partial charge in [0.2, 0.25) is 0 Å². The van der Waals surface area contributed by atoms with Gasteiger partial charge in [-0.2, -0.15) is 0 Å². The molecule has 0 aromatic heterocycles. The van der Waals surface area contributed by atoms with Crippen LogP contribution in [0.5, 0.6) is 0 Å². The zero-order chi connectivity index (χ0) is 23.4. The predicted octanol–water partition coefficient (Wildman–Crippen LogP) is 5.08. The van der Waals surface area contributed by atoms with E-state index in [-0.39, 0.29) is 11.8 Å². The highest BCUT2D eigenvalue weighted by atomic mass is 127. The molecule has 4 rings (SSSR count). The van der Waals surface area contributed by atoms with Gasteiger partial charge in [0.1, 0.15) is 0 Å². The van der Waals surface area contributed by atoms with Gasteiger partial charge in [-0.15, -0.1) is 0 Å². The second-order valence-corrected chi connectivity index (χ2v) is 10.9. The Labute approximate surface area is 211 Å². The van der Waals surface area contributed by atoms with Crippen LogP contribution >= 0.6 is 22.6 Å². The normalized spacial score (nSPS) is 18.6. The van der Waals surface area contributed by atoms with Gasteiger partial charge in [0, 0.05) is 46.9 Å². The first-order valence-electron chi connectivity index (χ1n) is 12.1. The monoisotopic (exact) mass is 559 g/mol. The van der Waals surface area contributed by atoms with E-state index in [1.54, 1.807) is 6.07 Å². The molecule has 2 aromatic rings. The molecule has 5 nitrogen and oxygen atoms in total. The molecule has 1 saturated heterocycles. The molecular weight excluding hydrogens is 525 g/mol. The largest absolute Gasteiger partial charge is 0.352 e. The fourth-order valence-corrected chi connectivity index (χ4v) is 5.44. The fraction of sp³-hybridized carbons (Fsp3) is 0.481. The van der Waals surface area contributed by atoms with Gasteiger partial charge in [-0.25, -0.2) is 0 Å². The second kappa shape index (κ2) is 11.0. The molecule has 1 atom stereocenters. The number of likely N-dealkylation sites (tertiary alicyclic amines) is 1. The molecule has 0 bridgehead atoms. The van der Waals surface area contributed by atoms with Gasteiger partial charge in [-0.3, -0.25) is 9.59 Å². The Bertz CT molecular complexity index is 989. The van der Waals surface area contributed by atoms with Gasteiger partial charge in [0.05, 0.1) is 0 Å². The highest BCUT2D eigenvalue weighted by Crippen LogP contribution is 2.26. The van der Waals surface area contributed by atoms with Gasteiger partial charge in [-0.05, 0) is 89.7 Å². The molecule has 1 unspecified atom stereocenters. The molecule has 6 heteroatoms. The number of fused-ring (bicyclic) bond motifs is 1. The quantitative estimate of drug-likeness (QED) is 0.363. The van der Waals surface area contributed by atoms with Gasteiger partial charge < -0.3 is 15.1 Å². The molecule has 0 aliphatic carbocycles. The van der Waals surface area contributed by atoms with Crippen LogP contribution in [0.3, 0.4) is 0 Å². The number of benzene rings is 2. The van der Waals surface area contributed by atoms with Crippen molar-refractivity contribution in [2.24, 2.45) is 5.92 Å². The van der Waals surface area contributed by atoms with E-state index in [9.17, 15) is 9.59 Å². The number of halogens is 1. The van der Waals surface area contributed by atoms with Crippen LogP contribution in [0.2, 0.25) is 0 Å². The van der Waals surface area contributed by atoms with Crippen LogP contribution in [0, 0.1) is 9.49 Å². The molecule has 0 radical (unpaired) electrons. The third kappa shape index (κ3) is 5.96. The van der Waals surface area contributed by atoms with Crippen molar-refractivity contribution in [1.82, 2.24) is 15.1 Å². The Kier molecular flexibility index (Phi) is 8.07. The molecule has 1 fully saturated rings. The summed E-state index contributed by atoms with van der Waals surface area (Å²) in [6.07, 6.45) is 4.84. The Balaban J connectivity index is 1.29. The minimum Gasteiger partial charge on any atom is -0.352 e. The maximum atomic E-state index is 13.0. The van der Waals surface area contributed by atoms with E-state index in [0.29, 0.717) is 42.7 Å². The van der Waals surface area contributed by atoms with E-state index in [2.05, 4.69) is 70.9 Å². The number of hydrogen-bond donors (Lipinski definition) is 1. The van der Waals surface area contributed by atoms with Crippen molar-refractivity contribution in [3.8, 4) is 0 Å². The zero-order valence-corrected chi connectivity index (χ0v) is 21.8.